The van der Waals surface area contributed by atoms with Crippen LogP contribution in [0.2, 0.25) is 0 Å². The van der Waals surface area contributed by atoms with Crippen molar-refractivity contribution in [3.8, 4) is 0 Å². The van der Waals surface area contributed by atoms with Gasteiger partial charge in [-0.1, -0.05) is 23.1 Å². The summed E-state index contributed by atoms with van der Waals surface area (Å²) < 4.78 is 5.34. The molecule has 0 saturated carbocycles. The number of hydrogen-bond acceptors (Lipinski definition) is 4. The van der Waals surface area contributed by atoms with E-state index in [1.165, 1.54) is 0 Å². The van der Waals surface area contributed by atoms with E-state index in [0.29, 0.717) is 16.8 Å². The summed E-state index contributed by atoms with van der Waals surface area (Å²) in [6.45, 7) is 5.18. The molecule has 2 rings (SSSR count). The minimum Gasteiger partial charge on any atom is -0.599 e. The molecule has 1 heterocycles. The summed E-state index contributed by atoms with van der Waals surface area (Å²) in [7, 11) is 0. The zero-order valence-corrected chi connectivity index (χ0v) is 10.7. The first-order valence-corrected chi connectivity index (χ1v) is 5.81. The number of rotatable bonds is 2. The average molecular weight is 248 g/mol. The Balaban J connectivity index is 2.14. The van der Waals surface area contributed by atoms with Gasteiger partial charge in [-0.25, -0.2) is 4.79 Å². The molecule has 0 saturated heterocycles. The first-order valence-electron chi connectivity index (χ1n) is 5.81. The van der Waals surface area contributed by atoms with Crippen molar-refractivity contribution >= 4 is 5.97 Å². The number of nitrogens with zero attached hydrogens (tertiary/aromatic N) is 2. The summed E-state index contributed by atoms with van der Waals surface area (Å²) in [4.78, 5) is 12.5. The molecule has 1 aliphatic heterocycles. The molecule has 1 aromatic rings. The second-order valence-electron chi connectivity index (χ2n) is 5.29. The molecule has 0 N–H and O–H groups in total. The Morgan fingerprint density at radius 2 is 1.94 bits per heavy atom. The van der Waals surface area contributed by atoms with Gasteiger partial charge in [-0.05, 0) is 12.1 Å². The number of carbonyl (C=O) groups excluding carboxylic acids is 1. The summed E-state index contributed by atoms with van der Waals surface area (Å²) in [6.07, 6.45) is 0.377. The molecule has 0 bridgehead atoms. The second kappa shape index (κ2) is 4.08. The van der Waals surface area contributed by atoms with Crippen LogP contribution in [0.1, 0.15) is 37.6 Å². The van der Waals surface area contributed by atoms with E-state index in [-0.39, 0.29) is 0 Å². The van der Waals surface area contributed by atoms with Crippen molar-refractivity contribution in [1.29, 1.82) is 0 Å². The lowest BCUT2D eigenvalue weighted by molar-refractivity contribution is -0.589. The van der Waals surface area contributed by atoms with Crippen LogP contribution in [0.15, 0.2) is 35.4 Å². The largest absolute Gasteiger partial charge is 0.599 e. The quantitative estimate of drug-likeness (QED) is 0.459. The normalized spacial score (nSPS) is 25.6. The topological polar surface area (TPSA) is 64.7 Å². The number of esters is 1. The lowest BCUT2D eigenvalue weighted by Crippen LogP contribution is -2.33. The third kappa shape index (κ3) is 2.34. The van der Waals surface area contributed by atoms with Gasteiger partial charge in [0.25, 0.3) is 5.72 Å². The number of benzene rings is 1. The lowest BCUT2D eigenvalue weighted by atomic mass is 9.97. The molecular formula is C13H16N2O3. The first kappa shape index (κ1) is 12.5. The fraction of sp³-hybridized carbons (Fsp3) is 0.462. The van der Waals surface area contributed by atoms with Crippen LogP contribution in [0.25, 0.3) is 0 Å². The summed E-state index contributed by atoms with van der Waals surface area (Å²) in [5.41, 5.74) is -1.28. The van der Waals surface area contributed by atoms with E-state index in [0.717, 1.165) is 0 Å². The molecule has 5 nitrogen and oxygen atoms in total. The van der Waals surface area contributed by atoms with Crippen molar-refractivity contribution in [3.05, 3.63) is 41.1 Å². The van der Waals surface area contributed by atoms with Crippen molar-refractivity contribution in [2.24, 2.45) is 5.11 Å². The van der Waals surface area contributed by atoms with Crippen molar-refractivity contribution in [2.75, 3.05) is 0 Å². The van der Waals surface area contributed by atoms with Crippen LogP contribution < -0.4 is 0 Å². The Hall–Kier alpha value is -1.91. The Bertz CT molecular complexity index is 496. The molecule has 0 amide bonds. The number of carbonyl (C=O) groups is 1. The maximum atomic E-state index is 11.9. The minimum atomic E-state index is -1.09. The van der Waals surface area contributed by atoms with E-state index in [1.807, 2.05) is 6.07 Å². The Kier molecular flexibility index (Phi) is 2.84. The van der Waals surface area contributed by atoms with E-state index >= 15 is 0 Å². The number of hydrogen-bond donors (Lipinski definition) is 0. The minimum absolute atomic E-state index is 0.377. The number of ether oxygens (including phenoxy) is 1. The zero-order chi connectivity index (χ0) is 13.4. The molecule has 1 aromatic carbocycles. The molecule has 1 atom stereocenters. The highest BCUT2D eigenvalue weighted by Crippen LogP contribution is 2.35. The molecule has 1 aliphatic rings. The Morgan fingerprint density at radius 3 is 2.44 bits per heavy atom. The third-order valence-electron chi connectivity index (χ3n) is 2.90. The van der Waals surface area contributed by atoms with E-state index in [4.69, 9.17) is 4.74 Å². The molecule has 0 aliphatic carbocycles. The van der Waals surface area contributed by atoms with Gasteiger partial charge in [-0.3, -0.25) is 0 Å². The van der Waals surface area contributed by atoms with Crippen molar-refractivity contribution in [2.45, 2.75) is 38.5 Å². The maximum absolute atomic E-state index is 11.9. The van der Waals surface area contributed by atoms with Crippen LogP contribution in [-0.4, -0.2) is 22.1 Å². The van der Waals surface area contributed by atoms with Crippen LogP contribution in [-0.2, 0) is 4.74 Å². The van der Waals surface area contributed by atoms with Gasteiger partial charge in [-0.2, -0.15) is 0 Å². The van der Waals surface area contributed by atoms with E-state index in [2.05, 4.69) is 5.11 Å². The molecule has 5 heteroatoms. The van der Waals surface area contributed by atoms with Crippen molar-refractivity contribution < 1.29 is 14.4 Å². The molecule has 0 fully saturated rings. The highest BCUT2D eigenvalue weighted by molar-refractivity contribution is 5.89. The van der Waals surface area contributed by atoms with Crippen molar-refractivity contribution in [1.82, 2.24) is 0 Å². The van der Waals surface area contributed by atoms with Gasteiger partial charge in [0.2, 0.25) is 0 Å². The van der Waals surface area contributed by atoms with E-state index in [1.54, 1.807) is 45.0 Å². The highest BCUT2D eigenvalue weighted by Gasteiger charge is 2.50. The molecular weight excluding hydrogens is 232 g/mol. The zero-order valence-electron chi connectivity index (χ0n) is 10.7. The maximum Gasteiger partial charge on any atom is 0.340 e. The van der Waals surface area contributed by atoms with Gasteiger partial charge in [-0.15, -0.1) is 0 Å². The van der Waals surface area contributed by atoms with Gasteiger partial charge < -0.3 is 9.94 Å². The first-order chi connectivity index (χ1) is 8.32. The fourth-order valence-corrected chi connectivity index (χ4v) is 2.12. The average Bonchev–Trinajstić information content (AvgIpc) is 2.48. The molecule has 96 valence electrons. The highest BCUT2D eigenvalue weighted by atomic mass is 16.6. The van der Waals surface area contributed by atoms with Crippen LogP contribution in [0.3, 0.4) is 0 Å². The lowest BCUT2D eigenvalue weighted by Gasteiger charge is -2.19. The third-order valence-corrected chi connectivity index (χ3v) is 2.90. The standard InChI is InChI=1S/C13H16N2O3/c1-12(2)9-13(3,14-15(12)17)18-11(16)10-7-5-4-6-8-10/h4-8H,9H2,1-3H3. The predicted molar refractivity (Wildman–Crippen MR) is 65.0 cm³/mol. The Morgan fingerprint density at radius 1 is 1.33 bits per heavy atom. The molecule has 18 heavy (non-hydrogen) atoms. The van der Waals surface area contributed by atoms with Crippen molar-refractivity contribution in [3.63, 3.8) is 0 Å². The van der Waals surface area contributed by atoms with Gasteiger partial charge >= 0.3 is 5.97 Å². The van der Waals surface area contributed by atoms with Gasteiger partial charge in [0.15, 0.2) is 5.54 Å². The predicted octanol–water partition coefficient (Wildman–Crippen LogP) is 2.70. The fourth-order valence-electron chi connectivity index (χ4n) is 2.12. The van der Waals surface area contributed by atoms with Crippen LogP contribution in [0, 0.1) is 5.21 Å². The van der Waals surface area contributed by atoms with Gasteiger partial charge in [0.05, 0.1) is 12.0 Å². The second-order valence-corrected chi connectivity index (χ2v) is 5.29. The summed E-state index contributed by atoms with van der Waals surface area (Å²) in [6, 6.07) is 8.67. The van der Waals surface area contributed by atoms with Gasteiger partial charge in [0, 0.05) is 25.9 Å². The smallest absolute Gasteiger partial charge is 0.340 e. The summed E-state index contributed by atoms with van der Waals surface area (Å²) >= 11 is 0. The van der Waals surface area contributed by atoms with Crippen LogP contribution in [0.4, 0.5) is 0 Å². The van der Waals surface area contributed by atoms with E-state index < -0.39 is 17.2 Å². The number of azo groups is 1. The monoisotopic (exact) mass is 248 g/mol. The van der Waals surface area contributed by atoms with Gasteiger partial charge in [0.1, 0.15) is 0 Å². The number of hydroxylamine groups is 1. The molecule has 0 radical (unpaired) electrons. The molecule has 0 spiro atoms. The SMILES string of the molecule is CC1(OC(=O)c2ccccc2)CC(C)(C)[N+]([O-])=N1. The molecule has 0 aromatic heterocycles. The summed E-state index contributed by atoms with van der Waals surface area (Å²) in [5, 5.41) is 15.5. The Labute approximate surface area is 106 Å². The summed E-state index contributed by atoms with van der Waals surface area (Å²) in [5.74, 6) is -0.465. The van der Waals surface area contributed by atoms with Crippen LogP contribution >= 0.6 is 0 Å². The molecule has 1 unspecified atom stereocenters. The van der Waals surface area contributed by atoms with Crippen LogP contribution in [0.5, 0.6) is 0 Å². The van der Waals surface area contributed by atoms with E-state index in [9.17, 15) is 10.0 Å².